The first-order chi connectivity index (χ1) is 8.48. The fraction of sp³-hybridized carbons (Fsp3) is 0.600. The molecule has 1 N–H and O–H groups in total. The third-order valence-corrected chi connectivity index (χ3v) is 4.95. The Morgan fingerprint density at radius 1 is 1.22 bits per heavy atom. The predicted octanol–water partition coefficient (Wildman–Crippen LogP) is 3.46. The van der Waals surface area contributed by atoms with Gasteiger partial charge in [-0.05, 0) is 31.0 Å². The highest BCUT2D eigenvalue weighted by Gasteiger charge is 2.23. The summed E-state index contributed by atoms with van der Waals surface area (Å²) in [4.78, 5) is 2.45. The van der Waals surface area contributed by atoms with E-state index >= 15 is 0 Å². The summed E-state index contributed by atoms with van der Waals surface area (Å²) in [5, 5.41) is 9.52. The predicted molar refractivity (Wildman–Crippen MR) is 80.4 cm³/mol. The van der Waals surface area contributed by atoms with Crippen LogP contribution < -0.4 is 4.90 Å². The normalized spacial score (nSPS) is 21.4. The topological polar surface area (TPSA) is 23.5 Å². The zero-order chi connectivity index (χ0) is 13.2. The van der Waals surface area contributed by atoms with E-state index in [0.29, 0.717) is 4.75 Å². The van der Waals surface area contributed by atoms with Crippen molar-refractivity contribution >= 4 is 17.4 Å². The van der Waals surface area contributed by atoms with Gasteiger partial charge in [0.25, 0.3) is 0 Å². The molecule has 3 heteroatoms. The molecule has 1 aliphatic heterocycles. The lowest BCUT2D eigenvalue weighted by molar-refractivity contribution is 0.199. The highest BCUT2D eigenvalue weighted by molar-refractivity contribution is 8.00. The summed E-state index contributed by atoms with van der Waals surface area (Å²) in [6, 6.07) is 8.32. The van der Waals surface area contributed by atoms with Crippen molar-refractivity contribution in [3.05, 3.63) is 29.8 Å². The van der Waals surface area contributed by atoms with Gasteiger partial charge < -0.3 is 10.0 Å². The number of rotatable bonds is 2. The lowest BCUT2D eigenvalue weighted by Crippen LogP contribution is -2.26. The Morgan fingerprint density at radius 2 is 1.89 bits per heavy atom. The Labute approximate surface area is 114 Å². The maximum absolute atomic E-state index is 9.52. The monoisotopic (exact) mass is 265 g/mol. The van der Waals surface area contributed by atoms with Gasteiger partial charge in [-0.2, -0.15) is 11.8 Å². The molecule has 1 aliphatic rings. The van der Waals surface area contributed by atoms with Crippen molar-refractivity contribution in [2.24, 2.45) is 0 Å². The molecule has 1 aromatic carbocycles. The molecule has 2 rings (SSSR count). The lowest BCUT2D eigenvalue weighted by atomic mass is 10.1. The molecule has 0 radical (unpaired) electrons. The van der Waals surface area contributed by atoms with Gasteiger partial charge in [-0.1, -0.05) is 26.0 Å². The van der Waals surface area contributed by atoms with E-state index in [2.05, 4.69) is 42.6 Å². The largest absolute Gasteiger partial charge is 0.389 e. The average Bonchev–Trinajstić information content (AvgIpc) is 2.50. The van der Waals surface area contributed by atoms with Gasteiger partial charge in [-0.25, -0.2) is 0 Å². The molecule has 100 valence electrons. The molecule has 0 saturated carbocycles. The molecule has 0 amide bonds. The van der Waals surface area contributed by atoms with Crippen LogP contribution in [0, 0.1) is 0 Å². The van der Waals surface area contributed by atoms with Crippen molar-refractivity contribution in [2.45, 2.75) is 38.0 Å². The summed E-state index contributed by atoms with van der Waals surface area (Å²) in [6.07, 6.45) is 0.841. The Kier molecular flexibility index (Phi) is 4.23. The van der Waals surface area contributed by atoms with Crippen LogP contribution in [0.1, 0.15) is 38.9 Å². The van der Waals surface area contributed by atoms with E-state index in [4.69, 9.17) is 0 Å². The summed E-state index contributed by atoms with van der Waals surface area (Å²) >= 11 is 2.07. The maximum Gasteiger partial charge on any atom is 0.0761 e. The summed E-state index contributed by atoms with van der Waals surface area (Å²) in [5.74, 6) is 1.19. The van der Waals surface area contributed by atoms with Crippen molar-refractivity contribution in [1.82, 2.24) is 0 Å². The van der Waals surface area contributed by atoms with Gasteiger partial charge in [0, 0.05) is 29.3 Å². The van der Waals surface area contributed by atoms with Crippen molar-refractivity contribution in [3.63, 3.8) is 0 Å². The number of aliphatic hydroxyl groups excluding tert-OH is 1. The fourth-order valence-corrected chi connectivity index (χ4v) is 3.34. The Morgan fingerprint density at radius 3 is 2.50 bits per heavy atom. The van der Waals surface area contributed by atoms with Gasteiger partial charge in [0.2, 0.25) is 0 Å². The van der Waals surface area contributed by atoms with Crippen molar-refractivity contribution in [3.8, 4) is 0 Å². The van der Waals surface area contributed by atoms with Gasteiger partial charge >= 0.3 is 0 Å². The van der Waals surface area contributed by atoms with Crippen LogP contribution in [-0.4, -0.2) is 28.7 Å². The molecule has 1 atom stereocenters. The molecule has 1 saturated heterocycles. The van der Waals surface area contributed by atoms with Crippen LogP contribution in [0.15, 0.2) is 24.3 Å². The summed E-state index contributed by atoms with van der Waals surface area (Å²) in [5.41, 5.74) is 2.26. The molecule has 18 heavy (non-hydrogen) atoms. The van der Waals surface area contributed by atoms with Gasteiger partial charge in [0.05, 0.1) is 6.10 Å². The molecule has 2 nitrogen and oxygen atoms in total. The van der Waals surface area contributed by atoms with E-state index in [1.807, 2.05) is 12.1 Å². The van der Waals surface area contributed by atoms with Crippen LogP contribution in [0.2, 0.25) is 0 Å². The van der Waals surface area contributed by atoms with Crippen molar-refractivity contribution < 1.29 is 5.11 Å². The Bertz CT molecular complexity index is 386. The molecular formula is C15H23NOS. The molecule has 0 unspecified atom stereocenters. The Balaban J connectivity index is 2.07. The minimum Gasteiger partial charge on any atom is -0.389 e. The second-order valence-electron chi connectivity index (χ2n) is 5.61. The molecule has 0 aromatic heterocycles. The van der Waals surface area contributed by atoms with Crippen molar-refractivity contribution in [1.29, 1.82) is 0 Å². The number of hydrogen-bond acceptors (Lipinski definition) is 3. The average molecular weight is 265 g/mol. The van der Waals surface area contributed by atoms with E-state index in [9.17, 15) is 5.11 Å². The smallest absolute Gasteiger partial charge is 0.0761 e. The summed E-state index contributed by atoms with van der Waals surface area (Å²) in [6.45, 7) is 8.70. The fourth-order valence-electron chi connectivity index (χ4n) is 2.24. The highest BCUT2D eigenvalue weighted by atomic mass is 32.2. The second kappa shape index (κ2) is 5.54. The molecule has 1 heterocycles. The third kappa shape index (κ3) is 3.42. The van der Waals surface area contributed by atoms with Crippen LogP contribution in [0.5, 0.6) is 0 Å². The zero-order valence-electron chi connectivity index (χ0n) is 11.5. The standard InChI is InChI=1S/C15H23NOS/c1-12(17)13-4-6-14(7-5-13)16-9-8-15(2,3)18-11-10-16/h4-7,12,17H,8-11H2,1-3H3/t12-/m1/s1. The first-order valence-electron chi connectivity index (χ1n) is 6.65. The number of nitrogens with zero attached hydrogens (tertiary/aromatic N) is 1. The number of benzene rings is 1. The second-order valence-corrected chi connectivity index (χ2v) is 7.41. The number of thioether (sulfide) groups is 1. The maximum atomic E-state index is 9.52. The first kappa shape index (κ1) is 13.8. The molecular weight excluding hydrogens is 242 g/mol. The van der Waals surface area contributed by atoms with Gasteiger partial charge in [0.1, 0.15) is 0 Å². The SMILES string of the molecule is C[C@@H](O)c1ccc(N2CCSC(C)(C)CC2)cc1. The first-order valence-corrected chi connectivity index (χ1v) is 7.63. The third-order valence-electron chi connectivity index (χ3n) is 3.58. The molecule has 1 fully saturated rings. The summed E-state index contributed by atoms with van der Waals surface area (Å²) < 4.78 is 0.397. The van der Waals surface area contributed by atoms with Crippen LogP contribution in [-0.2, 0) is 0 Å². The minimum absolute atomic E-state index is 0.377. The zero-order valence-corrected chi connectivity index (χ0v) is 12.3. The van der Waals surface area contributed by atoms with Gasteiger partial charge in [-0.3, -0.25) is 0 Å². The van der Waals surface area contributed by atoms with Gasteiger partial charge in [0.15, 0.2) is 0 Å². The van der Waals surface area contributed by atoms with E-state index in [0.717, 1.165) is 18.7 Å². The molecule has 0 aliphatic carbocycles. The summed E-state index contributed by atoms with van der Waals surface area (Å²) in [7, 11) is 0. The van der Waals surface area contributed by atoms with Gasteiger partial charge in [-0.15, -0.1) is 0 Å². The molecule has 0 spiro atoms. The van der Waals surface area contributed by atoms with E-state index in [-0.39, 0.29) is 6.10 Å². The van der Waals surface area contributed by atoms with Crippen LogP contribution in [0.3, 0.4) is 0 Å². The van der Waals surface area contributed by atoms with E-state index in [1.165, 1.54) is 17.9 Å². The van der Waals surface area contributed by atoms with Crippen LogP contribution in [0.25, 0.3) is 0 Å². The Hall–Kier alpha value is -0.670. The molecule has 0 bridgehead atoms. The number of aliphatic hydroxyl groups is 1. The van der Waals surface area contributed by atoms with Crippen LogP contribution >= 0.6 is 11.8 Å². The number of anilines is 1. The number of hydrogen-bond donors (Lipinski definition) is 1. The van der Waals surface area contributed by atoms with Crippen molar-refractivity contribution in [2.75, 3.05) is 23.7 Å². The lowest BCUT2D eigenvalue weighted by Gasteiger charge is -2.24. The highest BCUT2D eigenvalue weighted by Crippen LogP contribution is 2.32. The molecule has 1 aromatic rings. The minimum atomic E-state index is -0.377. The quantitative estimate of drug-likeness (QED) is 0.886. The van der Waals surface area contributed by atoms with Crippen LogP contribution in [0.4, 0.5) is 5.69 Å². The van der Waals surface area contributed by atoms with E-state index in [1.54, 1.807) is 6.92 Å². The van der Waals surface area contributed by atoms with E-state index < -0.39 is 0 Å².